The molecular weight excluding hydrogens is 419 g/mol. The topological polar surface area (TPSA) is 49.6 Å². The maximum Gasteiger partial charge on any atom is 0.416 e. The number of rotatable bonds is 8. The second kappa shape index (κ2) is 9.16. The monoisotopic (exact) mass is 443 g/mol. The van der Waals surface area contributed by atoms with Gasteiger partial charge in [0.25, 0.3) is 5.91 Å². The van der Waals surface area contributed by atoms with Crippen LogP contribution in [0.1, 0.15) is 45.9 Å². The number of nitrogens with zero attached hydrogens (tertiary/aromatic N) is 3. The predicted octanol–water partition coefficient (Wildman–Crippen LogP) is 5.13. The van der Waals surface area contributed by atoms with Gasteiger partial charge in [-0.1, -0.05) is 42.5 Å². The summed E-state index contributed by atoms with van der Waals surface area (Å²) in [5.41, 5.74) is 1.39. The lowest BCUT2D eigenvalue weighted by Gasteiger charge is -2.20. The average molecular weight is 443 g/mol. The van der Waals surface area contributed by atoms with E-state index in [1.54, 1.807) is 11.9 Å². The number of alkyl halides is 3. The molecular formula is C24H24F3N3O2. The van der Waals surface area contributed by atoms with Crippen molar-refractivity contribution in [3.8, 4) is 0 Å². The van der Waals surface area contributed by atoms with Gasteiger partial charge in [-0.2, -0.15) is 13.2 Å². The van der Waals surface area contributed by atoms with Crippen molar-refractivity contribution in [2.45, 2.75) is 44.7 Å². The predicted molar refractivity (Wildman–Crippen MR) is 112 cm³/mol. The highest BCUT2D eigenvalue weighted by molar-refractivity contribution is 5.91. The number of amides is 1. The van der Waals surface area contributed by atoms with Gasteiger partial charge in [0.05, 0.1) is 12.1 Å². The van der Waals surface area contributed by atoms with Crippen molar-refractivity contribution in [2.24, 2.45) is 0 Å². The minimum atomic E-state index is -4.34. The molecule has 8 heteroatoms. The van der Waals surface area contributed by atoms with Gasteiger partial charge < -0.3 is 9.32 Å². The van der Waals surface area contributed by atoms with Crippen molar-refractivity contribution in [1.82, 2.24) is 14.8 Å². The molecule has 1 saturated carbocycles. The van der Waals surface area contributed by atoms with E-state index in [0.717, 1.165) is 36.1 Å². The summed E-state index contributed by atoms with van der Waals surface area (Å²) in [4.78, 5) is 20.8. The van der Waals surface area contributed by atoms with Crippen molar-refractivity contribution in [3.63, 3.8) is 0 Å². The number of hydrogen-bond acceptors (Lipinski definition) is 4. The second-order valence-electron chi connectivity index (χ2n) is 8.10. The smallest absolute Gasteiger partial charge is 0.416 e. The van der Waals surface area contributed by atoms with Crippen LogP contribution in [0, 0.1) is 0 Å². The molecule has 1 aliphatic carbocycles. The Bertz CT molecular complexity index is 1040. The highest BCUT2D eigenvalue weighted by Gasteiger charge is 2.32. The molecule has 0 aliphatic heterocycles. The SMILES string of the molecule is CN(Cc1ccccc1)C(=O)c1coc(CN(Cc2ccc(C(F)(F)F)cc2)C2CC2)n1. The van der Waals surface area contributed by atoms with E-state index in [0.29, 0.717) is 31.6 Å². The zero-order valence-corrected chi connectivity index (χ0v) is 17.7. The van der Waals surface area contributed by atoms with E-state index < -0.39 is 11.7 Å². The maximum atomic E-state index is 12.8. The van der Waals surface area contributed by atoms with E-state index in [-0.39, 0.29) is 11.6 Å². The summed E-state index contributed by atoms with van der Waals surface area (Å²) in [5, 5.41) is 0. The van der Waals surface area contributed by atoms with Crippen molar-refractivity contribution < 1.29 is 22.4 Å². The van der Waals surface area contributed by atoms with Crippen molar-refractivity contribution in [1.29, 1.82) is 0 Å². The van der Waals surface area contributed by atoms with Crippen LogP contribution in [0.2, 0.25) is 0 Å². The van der Waals surface area contributed by atoms with Crippen LogP contribution in [0.3, 0.4) is 0 Å². The molecule has 0 unspecified atom stereocenters. The van der Waals surface area contributed by atoms with E-state index in [9.17, 15) is 18.0 Å². The fourth-order valence-corrected chi connectivity index (χ4v) is 3.57. The quantitative estimate of drug-likeness (QED) is 0.484. The Morgan fingerprint density at radius 2 is 1.66 bits per heavy atom. The average Bonchev–Trinajstić information content (AvgIpc) is 3.52. The number of carbonyl (C=O) groups excluding carboxylic acids is 1. The molecule has 1 amide bonds. The molecule has 0 bridgehead atoms. The van der Waals surface area contributed by atoms with Crippen molar-refractivity contribution in [2.75, 3.05) is 7.05 Å². The lowest BCUT2D eigenvalue weighted by atomic mass is 10.1. The second-order valence-corrected chi connectivity index (χ2v) is 8.10. The number of halogens is 3. The van der Waals surface area contributed by atoms with E-state index >= 15 is 0 Å². The van der Waals surface area contributed by atoms with Crippen LogP contribution in [0.15, 0.2) is 65.3 Å². The third-order valence-corrected chi connectivity index (χ3v) is 5.45. The Kier molecular flexibility index (Phi) is 6.32. The molecule has 0 atom stereocenters. The molecule has 5 nitrogen and oxygen atoms in total. The highest BCUT2D eigenvalue weighted by Crippen LogP contribution is 2.32. The molecule has 4 rings (SSSR count). The summed E-state index contributed by atoms with van der Waals surface area (Å²) in [7, 11) is 1.71. The summed E-state index contributed by atoms with van der Waals surface area (Å²) in [6.07, 6.45) is -0.939. The number of benzene rings is 2. The molecule has 32 heavy (non-hydrogen) atoms. The molecule has 1 aromatic heterocycles. The summed E-state index contributed by atoms with van der Waals surface area (Å²) in [6.45, 7) is 1.34. The van der Waals surface area contributed by atoms with Crippen LogP contribution in [0.4, 0.5) is 13.2 Å². The van der Waals surface area contributed by atoms with Gasteiger partial charge in [-0.25, -0.2) is 4.98 Å². The summed E-state index contributed by atoms with van der Waals surface area (Å²) in [5.74, 6) is 0.185. The van der Waals surface area contributed by atoms with E-state index in [1.807, 2.05) is 30.3 Å². The van der Waals surface area contributed by atoms with E-state index in [4.69, 9.17) is 4.42 Å². The minimum absolute atomic E-state index is 0.232. The Balaban J connectivity index is 1.39. The molecule has 2 aromatic carbocycles. The zero-order valence-electron chi connectivity index (χ0n) is 17.7. The Hall–Kier alpha value is -3.13. The molecule has 168 valence electrons. The first-order valence-corrected chi connectivity index (χ1v) is 10.4. The van der Waals surface area contributed by atoms with Gasteiger partial charge in [-0.3, -0.25) is 9.69 Å². The van der Waals surface area contributed by atoms with Gasteiger partial charge in [0.2, 0.25) is 5.89 Å². The lowest BCUT2D eigenvalue weighted by molar-refractivity contribution is -0.137. The Morgan fingerprint density at radius 3 is 2.28 bits per heavy atom. The molecule has 1 aliphatic rings. The first-order valence-electron chi connectivity index (χ1n) is 10.4. The summed E-state index contributed by atoms with van der Waals surface area (Å²) < 4.78 is 43.9. The number of carbonyl (C=O) groups is 1. The van der Waals surface area contributed by atoms with Crippen LogP contribution in [0.5, 0.6) is 0 Å². The Labute approximate surface area is 184 Å². The van der Waals surface area contributed by atoms with Gasteiger partial charge >= 0.3 is 6.18 Å². The van der Waals surface area contributed by atoms with Crippen LogP contribution in [-0.2, 0) is 25.8 Å². The minimum Gasteiger partial charge on any atom is -0.447 e. The van der Waals surface area contributed by atoms with Crippen LogP contribution >= 0.6 is 0 Å². The fourth-order valence-electron chi connectivity index (χ4n) is 3.57. The van der Waals surface area contributed by atoms with Gasteiger partial charge in [0.15, 0.2) is 5.69 Å². The number of hydrogen-bond donors (Lipinski definition) is 0. The first kappa shape index (κ1) is 22.1. The molecule has 1 heterocycles. The van der Waals surface area contributed by atoms with Crippen LogP contribution < -0.4 is 0 Å². The largest absolute Gasteiger partial charge is 0.447 e. The van der Waals surface area contributed by atoms with Gasteiger partial charge in [0, 0.05) is 26.2 Å². The number of aromatic nitrogens is 1. The van der Waals surface area contributed by atoms with Gasteiger partial charge in [0.1, 0.15) is 6.26 Å². The van der Waals surface area contributed by atoms with Gasteiger partial charge in [-0.05, 0) is 36.1 Å². The fraction of sp³-hybridized carbons (Fsp3) is 0.333. The first-order chi connectivity index (χ1) is 15.3. The van der Waals surface area contributed by atoms with E-state index in [2.05, 4.69) is 9.88 Å². The molecule has 0 N–H and O–H groups in total. The molecule has 3 aromatic rings. The van der Waals surface area contributed by atoms with Gasteiger partial charge in [-0.15, -0.1) is 0 Å². The summed E-state index contributed by atoms with van der Waals surface area (Å²) >= 11 is 0. The lowest BCUT2D eigenvalue weighted by Crippen LogP contribution is -2.27. The van der Waals surface area contributed by atoms with Crippen LogP contribution in [-0.4, -0.2) is 33.8 Å². The molecule has 0 saturated heterocycles. The summed E-state index contributed by atoms with van der Waals surface area (Å²) in [6, 6.07) is 15.2. The normalized spacial score (nSPS) is 14.0. The van der Waals surface area contributed by atoms with E-state index in [1.165, 1.54) is 18.4 Å². The standard InChI is InChI=1S/C24H24F3N3O2/c1-29(13-17-5-3-2-4-6-17)23(31)21-16-32-22(28-21)15-30(20-11-12-20)14-18-7-9-19(10-8-18)24(25,26)27/h2-10,16,20H,11-15H2,1H3. The third kappa shape index (κ3) is 5.56. The molecule has 0 radical (unpaired) electrons. The number of oxazole rings is 1. The Morgan fingerprint density at radius 1 is 1.00 bits per heavy atom. The molecule has 1 fully saturated rings. The zero-order chi connectivity index (χ0) is 22.7. The third-order valence-electron chi connectivity index (χ3n) is 5.45. The van der Waals surface area contributed by atoms with Crippen molar-refractivity contribution in [3.05, 3.63) is 89.1 Å². The highest BCUT2D eigenvalue weighted by atomic mass is 19.4. The molecule has 0 spiro atoms. The van der Waals surface area contributed by atoms with Crippen molar-refractivity contribution >= 4 is 5.91 Å². The van der Waals surface area contributed by atoms with Crippen LogP contribution in [0.25, 0.3) is 0 Å². The maximum absolute atomic E-state index is 12.8.